The minimum atomic E-state index is -0.187. The van der Waals surface area contributed by atoms with Gasteiger partial charge in [-0.25, -0.2) is 4.39 Å². The molecule has 0 aliphatic rings. The number of hydrogen-bond acceptors (Lipinski definition) is 2. The maximum absolute atomic E-state index is 13.2. The van der Waals surface area contributed by atoms with Crippen LogP contribution in [0.1, 0.15) is 32.3 Å². The van der Waals surface area contributed by atoms with E-state index in [1.54, 1.807) is 12.1 Å². The molecule has 1 rings (SSSR count). The zero-order valence-electron chi connectivity index (χ0n) is 10.9. The fourth-order valence-corrected chi connectivity index (χ4v) is 1.67. The Kier molecular flexibility index (Phi) is 6.16. The molecule has 1 atom stereocenters. The second kappa shape index (κ2) is 7.41. The van der Waals surface area contributed by atoms with Gasteiger partial charge in [0.05, 0.1) is 6.61 Å². The van der Waals surface area contributed by atoms with Crippen molar-refractivity contribution in [2.45, 2.75) is 32.7 Å². The highest BCUT2D eigenvalue weighted by molar-refractivity contribution is 5.21. The van der Waals surface area contributed by atoms with Crippen LogP contribution in [0.4, 0.5) is 4.39 Å². The molecule has 0 aromatic heterocycles. The minimum Gasteiger partial charge on any atom is -0.381 e. The normalized spacial score (nSPS) is 13.0. The molecule has 0 aliphatic carbocycles. The van der Waals surface area contributed by atoms with Crippen molar-refractivity contribution in [2.75, 3.05) is 19.8 Å². The van der Waals surface area contributed by atoms with Gasteiger partial charge in [0.2, 0.25) is 0 Å². The number of ether oxygens (including phenoxy) is 1. The quantitative estimate of drug-likeness (QED) is 0.790. The first-order chi connectivity index (χ1) is 8.13. The molecule has 0 fully saturated rings. The van der Waals surface area contributed by atoms with Gasteiger partial charge in [-0.15, -0.1) is 0 Å². The Bertz CT molecular complexity index is 328. The van der Waals surface area contributed by atoms with E-state index in [0.29, 0.717) is 19.3 Å². The van der Waals surface area contributed by atoms with Gasteiger partial charge in [-0.3, -0.25) is 0 Å². The third-order valence-corrected chi connectivity index (χ3v) is 2.62. The molecule has 0 saturated carbocycles. The van der Waals surface area contributed by atoms with Gasteiger partial charge in [0.1, 0.15) is 5.82 Å². The molecular formula is C14H22FNO. The van der Waals surface area contributed by atoms with Crippen molar-refractivity contribution in [1.82, 2.24) is 5.32 Å². The zero-order chi connectivity index (χ0) is 12.7. The Labute approximate surface area is 103 Å². The van der Waals surface area contributed by atoms with E-state index in [1.165, 1.54) is 6.07 Å². The van der Waals surface area contributed by atoms with Crippen LogP contribution in [0.5, 0.6) is 0 Å². The lowest BCUT2D eigenvalue weighted by Crippen LogP contribution is -2.30. The van der Waals surface area contributed by atoms with Crippen molar-refractivity contribution in [2.24, 2.45) is 0 Å². The number of benzene rings is 1. The van der Waals surface area contributed by atoms with E-state index in [2.05, 4.69) is 19.2 Å². The third kappa shape index (κ3) is 5.29. The second-order valence-corrected chi connectivity index (χ2v) is 4.47. The molecule has 1 N–H and O–H groups in total. The molecule has 0 bridgehead atoms. The van der Waals surface area contributed by atoms with Crippen LogP contribution in [0.2, 0.25) is 0 Å². The van der Waals surface area contributed by atoms with E-state index in [0.717, 1.165) is 12.1 Å². The number of halogens is 1. The standard InChI is InChI=1S/C14H22FNO/c1-4-17-10-13(9-16-11(2)3)12-6-5-7-14(15)8-12/h5-8,11,13,16H,4,9-10H2,1-3H3. The van der Waals surface area contributed by atoms with Gasteiger partial charge in [-0.1, -0.05) is 26.0 Å². The predicted octanol–water partition coefficient (Wildman–Crippen LogP) is 2.94. The van der Waals surface area contributed by atoms with Crippen LogP contribution >= 0.6 is 0 Å². The fourth-order valence-electron chi connectivity index (χ4n) is 1.67. The smallest absolute Gasteiger partial charge is 0.123 e. The number of nitrogens with one attached hydrogen (secondary N) is 1. The molecular weight excluding hydrogens is 217 g/mol. The summed E-state index contributed by atoms with van der Waals surface area (Å²) in [6.07, 6.45) is 0. The molecule has 0 aliphatic heterocycles. The summed E-state index contributed by atoms with van der Waals surface area (Å²) >= 11 is 0. The Morgan fingerprint density at radius 1 is 1.35 bits per heavy atom. The summed E-state index contributed by atoms with van der Waals surface area (Å²) in [5.74, 6) is 0.0154. The fraction of sp³-hybridized carbons (Fsp3) is 0.571. The molecule has 0 radical (unpaired) electrons. The van der Waals surface area contributed by atoms with Crippen molar-refractivity contribution < 1.29 is 9.13 Å². The average Bonchev–Trinajstić information content (AvgIpc) is 2.29. The minimum absolute atomic E-state index is 0.187. The van der Waals surface area contributed by atoms with E-state index in [-0.39, 0.29) is 11.7 Å². The van der Waals surface area contributed by atoms with Crippen molar-refractivity contribution in [3.63, 3.8) is 0 Å². The van der Waals surface area contributed by atoms with Crippen molar-refractivity contribution >= 4 is 0 Å². The summed E-state index contributed by atoms with van der Waals surface area (Å²) in [5, 5.41) is 3.37. The molecule has 0 amide bonds. The van der Waals surface area contributed by atoms with Crippen LogP contribution in [-0.2, 0) is 4.74 Å². The lowest BCUT2D eigenvalue weighted by molar-refractivity contribution is 0.131. The van der Waals surface area contributed by atoms with Crippen LogP contribution in [0, 0.1) is 5.82 Å². The molecule has 1 unspecified atom stereocenters. The molecule has 3 heteroatoms. The van der Waals surface area contributed by atoms with Gasteiger partial charge >= 0.3 is 0 Å². The zero-order valence-corrected chi connectivity index (χ0v) is 10.9. The Hall–Kier alpha value is -0.930. The molecule has 0 spiro atoms. The summed E-state index contributed by atoms with van der Waals surface area (Å²) in [5.41, 5.74) is 0.992. The van der Waals surface area contributed by atoms with Crippen LogP contribution in [0.25, 0.3) is 0 Å². The van der Waals surface area contributed by atoms with E-state index >= 15 is 0 Å². The first-order valence-electron chi connectivity index (χ1n) is 6.20. The molecule has 17 heavy (non-hydrogen) atoms. The first-order valence-corrected chi connectivity index (χ1v) is 6.20. The monoisotopic (exact) mass is 239 g/mol. The van der Waals surface area contributed by atoms with Crippen molar-refractivity contribution in [3.8, 4) is 0 Å². The maximum atomic E-state index is 13.2. The van der Waals surface area contributed by atoms with E-state index < -0.39 is 0 Å². The molecule has 1 aromatic carbocycles. The van der Waals surface area contributed by atoms with Gasteiger partial charge in [0.25, 0.3) is 0 Å². The van der Waals surface area contributed by atoms with Gasteiger partial charge in [0.15, 0.2) is 0 Å². The van der Waals surface area contributed by atoms with Crippen LogP contribution in [0.15, 0.2) is 24.3 Å². The second-order valence-electron chi connectivity index (χ2n) is 4.47. The summed E-state index contributed by atoms with van der Waals surface area (Å²) in [6, 6.07) is 7.18. The van der Waals surface area contributed by atoms with Gasteiger partial charge in [0, 0.05) is 25.1 Å². The van der Waals surface area contributed by atoms with Gasteiger partial charge < -0.3 is 10.1 Å². The molecule has 0 saturated heterocycles. The van der Waals surface area contributed by atoms with E-state index in [4.69, 9.17) is 4.74 Å². The topological polar surface area (TPSA) is 21.3 Å². The highest BCUT2D eigenvalue weighted by atomic mass is 19.1. The van der Waals surface area contributed by atoms with Crippen LogP contribution in [0.3, 0.4) is 0 Å². The number of hydrogen-bond donors (Lipinski definition) is 1. The summed E-state index contributed by atoms with van der Waals surface area (Å²) in [7, 11) is 0. The SMILES string of the molecule is CCOCC(CNC(C)C)c1cccc(F)c1. The molecule has 2 nitrogen and oxygen atoms in total. The third-order valence-electron chi connectivity index (χ3n) is 2.62. The predicted molar refractivity (Wildman–Crippen MR) is 68.8 cm³/mol. The summed E-state index contributed by atoms with van der Waals surface area (Å²) < 4.78 is 18.6. The lowest BCUT2D eigenvalue weighted by Gasteiger charge is -2.19. The highest BCUT2D eigenvalue weighted by Crippen LogP contribution is 2.17. The highest BCUT2D eigenvalue weighted by Gasteiger charge is 2.12. The van der Waals surface area contributed by atoms with E-state index in [1.807, 2.05) is 13.0 Å². The number of rotatable bonds is 7. The Morgan fingerprint density at radius 2 is 2.12 bits per heavy atom. The largest absolute Gasteiger partial charge is 0.381 e. The Balaban J connectivity index is 2.67. The van der Waals surface area contributed by atoms with Crippen molar-refractivity contribution in [1.29, 1.82) is 0 Å². The molecule has 0 heterocycles. The maximum Gasteiger partial charge on any atom is 0.123 e. The Morgan fingerprint density at radius 3 is 2.71 bits per heavy atom. The molecule has 1 aromatic rings. The summed E-state index contributed by atoms with van der Waals surface area (Å²) in [4.78, 5) is 0. The van der Waals surface area contributed by atoms with Crippen molar-refractivity contribution in [3.05, 3.63) is 35.6 Å². The molecule has 96 valence electrons. The van der Waals surface area contributed by atoms with Crippen LogP contribution < -0.4 is 5.32 Å². The first kappa shape index (κ1) is 14.1. The van der Waals surface area contributed by atoms with Crippen LogP contribution in [-0.4, -0.2) is 25.8 Å². The summed E-state index contributed by atoms with van der Waals surface area (Å²) in [6.45, 7) is 8.29. The van der Waals surface area contributed by atoms with Gasteiger partial charge in [-0.05, 0) is 24.6 Å². The lowest BCUT2D eigenvalue weighted by atomic mass is 9.99. The van der Waals surface area contributed by atoms with Gasteiger partial charge in [-0.2, -0.15) is 0 Å². The van der Waals surface area contributed by atoms with E-state index in [9.17, 15) is 4.39 Å². The average molecular weight is 239 g/mol.